The van der Waals surface area contributed by atoms with Crippen molar-refractivity contribution in [1.29, 1.82) is 0 Å². The predicted molar refractivity (Wildman–Crippen MR) is 83.8 cm³/mol. The molecule has 0 aliphatic carbocycles. The Morgan fingerprint density at radius 1 is 1.24 bits per heavy atom. The first-order valence-corrected chi connectivity index (χ1v) is 7.45. The third-order valence-electron chi connectivity index (χ3n) is 3.22. The lowest BCUT2D eigenvalue weighted by atomic mass is 10.1. The van der Waals surface area contributed by atoms with E-state index in [-0.39, 0.29) is 36.3 Å². The zero-order chi connectivity index (χ0) is 16.3. The van der Waals surface area contributed by atoms with E-state index >= 15 is 0 Å². The first-order valence-electron chi connectivity index (χ1n) is 7.45. The summed E-state index contributed by atoms with van der Waals surface area (Å²) in [6.45, 7) is 5.98. The van der Waals surface area contributed by atoms with Crippen LogP contribution in [0, 0.1) is 0 Å². The van der Waals surface area contributed by atoms with Gasteiger partial charge in [0.05, 0.1) is 5.70 Å². The van der Waals surface area contributed by atoms with E-state index in [0.29, 0.717) is 0 Å². The van der Waals surface area contributed by atoms with Crippen molar-refractivity contribution in [3.8, 4) is 0 Å². The van der Waals surface area contributed by atoms with Gasteiger partial charge in [-0.3, -0.25) is 15.4 Å². The number of hydrogen-bond acceptors (Lipinski definition) is 6. The van der Waals surface area contributed by atoms with Gasteiger partial charge in [0.1, 0.15) is 0 Å². The van der Waals surface area contributed by atoms with E-state index in [1.54, 1.807) is 0 Å². The number of amides is 1. The third-order valence-corrected chi connectivity index (χ3v) is 3.22. The van der Waals surface area contributed by atoms with Gasteiger partial charge in [0.15, 0.2) is 5.78 Å². The number of hydrazine groups is 1. The average molecular weight is 299 g/mol. The maximum Gasteiger partial charge on any atom is 0.220 e. The highest BCUT2D eigenvalue weighted by Gasteiger charge is 2.18. The van der Waals surface area contributed by atoms with Crippen molar-refractivity contribution in [1.82, 2.24) is 15.6 Å². The summed E-state index contributed by atoms with van der Waals surface area (Å²) in [7, 11) is 2.07. The molecule has 6 N–H and O–H groups in total. The number of carbonyl (C=O) groups is 2. The molecule has 0 spiro atoms. The van der Waals surface area contributed by atoms with E-state index in [1.807, 2.05) is 13.8 Å². The van der Waals surface area contributed by atoms with Crippen LogP contribution in [0.15, 0.2) is 11.9 Å². The van der Waals surface area contributed by atoms with Crippen LogP contribution in [-0.4, -0.2) is 42.8 Å². The van der Waals surface area contributed by atoms with Crippen LogP contribution in [0.4, 0.5) is 0 Å². The largest absolute Gasteiger partial charge is 0.395 e. The van der Waals surface area contributed by atoms with Gasteiger partial charge < -0.3 is 21.4 Å². The Morgan fingerprint density at radius 2 is 1.81 bits per heavy atom. The fourth-order valence-corrected chi connectivity index (χ4v) is 1.99. The number of hydrogen-bond donors (Lipinski definition) is 4. The second kappa shape index (κ2) is 11.1. The third kappa shape index (κ3) is 8.31. The molecule has 1 heterocycles. The van der Waals surface area contributed by atoms with Crippen LogP contribution in [-0.2, 0) is 9.59 Å². The van der Waals surface area contributed by atoms with Crippen molar-refractivity contribution in [3.63, 3.8) is 0 Å². The second-order valence-corrected chi connectivity index (χ2v) is 4.83. The second-order valence-electron chi connectivity index (χ2n) is 4.83. The predicted octanol–water partition coefficient (Wildman–Crippen LogP) is -0.164. The Hall–Kier alpha value is -1.60. The molecule has 0 unspecified atom stereocenters. The first-order chi connectivity index (χ1) is 10.0. The number of likely N-dealkylation sites (tertiary alicyclic amines) is 1. The van der Waals surface area contributed by atoms with Gasteiger partial charge in [0.25, 0.3) is 0 Å². The van der Waals surface area contributed by atoms with Crippen LogP contribution in [0.5, 0.6) is 0 Å². The smallest absolute Gasteiger partial charge is 0.220 e. The average Bonchev–Trinajstić information content (AvgIpc) is 2.49. The Morgan fingerprint density at radius 3 is 2.33 bits per heavy atom. The van der Waals surface area contributed by atoms with Gasteiger partial charge in [-0.15, -0.1) is 0 Å². The normalized spacial score (nSPS) is 16.7. The SMILES string of the molecule is CC.CN1CCC(NC(=O)CCC(=O)/C(N)=C/NN)CC1. The summed E-state index contributed by atoms with van der Waals surface area (Å²) in [4.78, 5) is 25.4. The van der Waals surface area contributed by atoms with E-state index in [2.05, 4.69) is 22.7 Å². The molecule has 1 amide bonds. The number of Topliss-reactive ketones (excluding diaryl/α,β-unsaturated/α-hetero) is 1. The number of nitrogens with zero attached hydrogens (tertiary/aromatic N) is 1. The van der Waals surface area contributed by atoms with Gasteiger partial charge in [-0.2, -0.15) is 0 Å². The van der Waals surface area contributed by atoms with Gasteiger partial charge in [-0.1, -0.05) is 13.8 Å². The Balaban J connectivity index is 0.00000191. The lowest BCUT2D eigenvalue weighted by Gasteiger charge is -2.29. The van der Waals surface area contributed by atoms with E-state index in [4.69, 9.17) is 11.6 Å². The fourth-order valence-electron chi connectivity index (χ4n) is 1.99. The number of nitrogens with one attached hydrogen (secondary N) is 2. The Kier molecular flexibility index (Phi) is 10.3. The van der Waals surface area contributed by atoms with Crippen LogP contribution >= 0.6 is 0 Å². The highest BCUT2D eigenvalue weighted by atomic mass is 16.2. The number of allylic oxidation sites excluding steroid dienone is 1. The minimum atomic E-state index is -0.281. The van der Waals surface area contributed by atoms with Crippen LogP contribution in [0.1, 0.15) is 39.5 Å². The van der Waals surface area contributed by atoms with Crippen molar-refractivity contribution in [2.75, 3.05) is 20.1 Å². The molecule has 7 nitrogen and oxygen atoms in total. The molecule has 1 aliphatic heterocycles. The zero-order valence-corrected chi connectivity index (χ0v) is 13.3. The molecule has 122 valence electrons. The summed E-state index contributed by atoms with van der Waals surface area (Å²) in [5.74, 6) is 4.63. The van der Waals surface area contributed by atoms with E-state index in [0.717, 1.165) is 25.9 Å². The number of nitrogens with two attached hydrogens (primary N) is 2. The quantitative estimate of drug-likeness (QED) is 0.308. The van der Waals surface area contributed by atoms with Crippen molar-refractivity contribution in [2.24, 2.45) is 11.6 Å². The standard InChI is InChI=1S/C12H23N5O2.C2H6/c1-17-6-4-9(5-7-17)16-12(19)3-2-11(18)10(13)8-15-14;1-2/h8-9,15H,2-7,13-14H2,1H3,(H,16,19);1-2H3/b10-8-;. The molecule has 0 aromatic heterocycles. The number of carbonyl (C=O) groups excluding carboxylic acids is 2. The summed E-state index contributed by atoms with van der Waals surface area (Å²) in [6.07, 6.45) is 3.38. The number of piperidine rings is 1. The fraction of sp³-hybridized carbons (Fsp3) is 0.714. The van der Waals surface area contributed by atoms with Crippen molar-refractivity contribution >= 4 is 11.7 Å². The van der Waals surface area contributed by atoms with E-state index in [9.17, 15) is 9.59 Å². The summed E-state index contributed by atoms with van der Waals surface area (Å²) >= 11 is 0. The van der Waals surface area contributed by atoms with Crippen molar-refractivity contribution < 1.29 is 9.59 Å². The zero-order valence-electron chi connectivity index (χ0n) is 13.3. The Bertz CT molecular complexity index is 349. The lowest BCUT2D eigenvalue weighted by molar-refractivity contribution is -0.124. The topological polar surface area (TPSA) is 113 Å². The molecule has 0 radical (unpaired) electrons. The number of ketones is 1. The summed E-state index contributed by atoms with van der Waals surface area (Å²) in [5, 5.41) is 2.95. The van der Waals surface area contributed by atoms with Crippen LogP contribution in [0.2, 0.25) is 0 Å². The monoisotopic (exact) mass is 299 g/mol. The lowest BCUT2D eigenvalue weighted by Crippen LogP contribution is -2.43. The molecule has 1 fully saturated rings. The van der Waals surface area contributed by atoms with Gasteiger partial charge in [-0.25, -0.2) is 0 Å². The molecule has 1 rings (SSSR count). The molecule has 7 heteroatoms. The van der Waals surface area contributed by atoms with E-state index in [1.165, 1.54) is 6.20 Å². The minimum Gasteiger partial charge on any atom is -0.395 e. The minimum absolute atomic E-state index is 0.0367. The highest BCUT2D eigenvalue weighted by molar-refractivity contribution is 5.96. The van der Waals surface area contributed by atoms with Crippen LogP contribution < -0.4 is 22.3 Å². The molecule has 0 atom stereocenters. The molecule has 0 aromatic rings. The van der Waals surface area contributed by atoms with Crippen LogP contribution in [0.25, 0.3) is 0 Å². The van der Waals surface area contributed by atoms with Gasteiger partial charge in [0.2, 0.25) is 5.91 Å². The summed E-state index contributed by atoms with van der Waals surface area (Å²) < 4.78 is 0. The van der Waals surface area contributed by atoms with Gasteiger partial charge in [0, 0.05) is 25.1 Å². The van der Waals surface area contributed by atoms with Crippen molar-refractivity contribution in [2.45, 2.75) is 45.6 Å². The first kappa shape index (κ1) is 19.4. The molecule has 0 bridgehead atoms. The van der Waals surface area contributed by atoms with Crippen LogP contribution in [0.3, 0.4) is 0 Å². The van der Waals surface area contributed by atoms with Crippen molar-refractivity contribution in [3.05, 3.63) is 11.9 Å². The number of rotatable bonds is 6. The maximum absolute atomic E-state index is 11.7. The van der Waals surface area contributed by atoms with Gasteiger partial charge >= 0.3 is 0 Å². The molecular weight excluding hydrogens is 270 g/mol. The maximum atomic E-state index is 11.7. The molecule has 1 saturated heterocycles. The van der Waals surface area contributed by atoms with Gasteiger partial charge in [-0.05, 0) is 33.0 Å². The molecule has 21 heavy (non-hydrogen) atoms. The molecular formula is C14H29N5O2. The summed E-state index contributed by atoms with van der Waals surface area (Å²) in [5.41, 5.74) is 7.67. The molecule has 1 aliphatic rings. The Labute approximate surface area is 127 Å². The summed E-state index contributed by atoms with van der Waals surface area (Å²) in [6, 6.07) is 0.220. The molecule has 0 saturated carbocycles. The highest BCUT2D eigenvalue weighted by Crippen LogP contribution is 2.08. The van der Waals surface area contributed by atoms with E-state index < -0.39 is 0 Å². The molecule has 0 aromatic carbocycles.